The summed E-state index contributed by atoms with van der Waals surface area (Å²) in [5.74, 6) is -1.82. The molecule has 2 aromatic rings. The molecule has 0 fully saturated rings. The van der Waals surface area contributed by atoms with Crippen molar-refractivity contribution in [2.45, 2.75) is 26.8 Å². The lowest BCUT2D eigenvalue weighted by atomic mass is 9.95. The second-order valence-corrected chi connectivity index (χ2v) is 5.28. The molecule has 0 aliphatic carbocycles. The van der Waals surface area contributed by atoms with Gasteiger partial charge in [0.2, 0.25) is 0 Å². The van der Waals surface area contributed by atoms with Gasteiger partial charge in [0.15, 0.2) is 17.4 Å². The first-order chi connectivity index (χ1) is 9.90. The summed E-state index contributed by atoms with van der Waals surface area (Å²) in [5.41, 5.74) is 10.3. The third kappa shape index (κ3) is 3.39. The SMILES string of the molecule is Cc1cc(C)c(C(N)COc2c(F)cccc2F)c(C)c1. The van der Waals surface area contributed by atoms with Crippen LogP contribution in [0.15, 0.2) is 30.3 Å². The van der Waals surface area contributed by atoms with Crippen molar-refractivity contribution in [2.24, 2.45) is 5.73 Å². The molecule has 0 saturated carbocycles. The maximum atomic E-state index is 13.5. The Morgan fingerprint density at radius 1 is 1.05 bits per heavy atom. The molecule has 2 aromatic carbocycles. The van der Waals surface area contributed by atoms with E-state index in [1.54, 1.807) is 0 Å². The molecule has 0 amide bonds. The predicted octanol–water partition coefficient (Wildman–Crippen LogP) is 3.97. The minimum absolute atomic E-state index is 0.0165. The summed E-state index contributed by atoms with van der Waals surface area (Å²) in [6.07, 6.45) is 0. The summed E-state index contributed by atoms with van der Waals surface area (Å²) in [6, 6.07) is 7.24. The maximum Gasteiger partial charge on any atom is 0.190 e. The number of benzene rings is 2. The first kappa shape index (κ1) is 15.4. The molecule has 112 valence electrons. The fourth-order valence-electron chi connectivity index (χ4n) is 2.65. The van der Waals surface area contributed by atoms with Crippen LogP contribution in [0, 0.1) is 32.4 Å². The molecule has 0 radical (unpaired) electrons. The fraction of sp³-hybridized carbons (Fsp3) is 0.294. The topological polar surface area (TPSA) is 35.2 Å². The average Bonchev–Trinajstić information content (AvgIpc) is 2.36. The lowest BCUT2D eigenvalue weighted by molar-refractivity contribution is 0.263. The Hall–Kier alpha value is -1.94. The Bertz CT molecular complexity index is 612. The predicted molar refractivity (Wildman–Crippen MR) is 79.4 cm³/mol. The van der Waals surface area contributed by atoms with Gasteiger partial charge in [-0.2, -0.15) is 0 Å². The van der Waals surface area contributed by atoms with E-state index in [0.717, 1.165) is 34.4 Å². The van der Waals surface area contributed by atoms with Crippen molar-refractivity contribution in [3.63, 3.8) is 0 Å². The smallest absolute Gasteiger partial charge is 0.190 e. The molecule has 1 unspecified atom stereocenters. The van der Waals surface area contributed by atoms with Crippen LogP contribution in [0.2, 0.25) is 0 Å². The number of hydrogen-bond acceptors (Lipinski definition) is 2. The van der Waals surface area contributed by atoms with E-state index in [1.165, 1.54) is 6.07 Å². The molecule has 0 aliphatic heterocycles. The van der Waals surface area contributed by atoms with Gasteiger partial charge in [-0.25, -0.2) is 8.78 Å². The van der Waals surface area contributed by atoms with Gasteiger partial charge in [-0.1, -0.05) is 23.8 Å². The Balaban J connectivity index is 2.18. The maximum absolute atomic E-state index is 13.5. The van der Waals surface area contributed by atoms with E-state index in [2.05, 4.69) is 0 Å². The lowest BCUT2D eigenvalue weighted by Crippen LogP contribution is -2.21. The Kier molecular flexibility index (Phi) is 4.58. The summed E-state index contributed by atoms with van der Waals surface area (Å²) in [5, 5.41) is 0. The van der Waals surface area contributed by atoms with Crippen molar-refractivity contribution in [3.8, 4) is 5.75 Å². The molecule has 2 nitrogen and oxygen atoms in total. The summed E-state index contributed by atoms with van der Waals surface area (Å²) in [7, 11) is 0. The number of para-hydroxylation sites is 1. The minimum Gasteiger partial charge on any atom is -0.486 e. The summed E-state index contributed by atoms with van der Waals surface area (Å²) >= 11 is 0. The highest BCUT2D eigenvalue weighted by atomic mass is 19.1. The number of rotatable bonds is 4. The van der Waals surface area contributed by atoms with Gasteiger partial charge in [0.25, 0.3) is 0 Å². The summed E-state index contributed by atoms with van der Waals surface area (Å²) in [6.45, 7) is 5.97. The summed E-state index contributed by atoms with van der Waals surface area (Å²) < 4.78 is 32.3. The van der Waals surface area contributed by atoms with E-state index in [4.69, 9.17) is 10.5 Å². The molecule has 21 heavy (non-hydrogen) atoms. The number of halogens is 2. The molecule has 2 N–H and O–H groups in total. The molecule has 1 atom stereocenters. The molecular weight excluding hydrogens is 272 g/mol. The molecule has 2 rings (SSSR count). The molecule has 0 bridgehead atoms. The van der Waals surface area contributed by atoms with Gasteiger partial charge in [-0.3, -0.25) is 0 Å². The molecule has 0 saturated heterocycles. The van der Waals surface area contributed by atoms with E-state index in [1.807, 2.05) is 32.9 Å². The van der Waals surface area contributed by atoms with Crippen molar-refractivity contribution in [3.05, 3.63) is 64.2 Å². The van der Waals surface area contributed by atoms with Gasteiger partial charge in [0, 0.05) is 0 Å². The highest BCUT2D eigenvalue weighted by Crippen LogP contribution is 2.25. The molecule has 4 heteroatoms. The van der Waals surface area contributed by atoms with Gasteiger partial charge in [0.05, 0.1) is 6.04 Å². The van der Waals surface area contributed by atoms with Crippen LogP contribution in [-0.2, 0) is 0 Å². The van der Waals surface area contributed by atoms with Crippen LogP contribution in [0.25, 0.3) is 0 Å². The standard InChI is InChI=1S/C17H19F2NO/c1-10-7-11(2)16(12(3)8-10)15(20)9-21-17-13(18)5-4-6-14(17)19/h4-8,15H,9,20H2,1-3H3. The molecular formula is C17H19F2NO. The van der Waals surface area contributed by atoms with E-state index in [-0.39, 0.29) is 12.4 Å². The molecule has 0 spiro atoms. The highest BCUT2D eigenvalue weighted by Gasteiger charge is 2.16. The quantitative estimate of drug-likeness (QED) is 0.925. The van der Waals surface area contributed by atoms with Crippen LogP contribution in [0.5, 0.6) is 5.75 Å². The Morgan fingerprint density at radius 3 is 2.10 bits per heavy atom. The number of nitrogens with two attached hydrogens (primary N) is 1. The third-order valence-corrected chi connectivity index (χ3v) is 3.43. The van der Waals surface area contributed by atoms with E-state index >= 15 is 0 Å². The zero-order chi connectivity index (χ0) is 15.6. The van der Waals surface area contributed by atoms with Crippen molar-refractivity contribution < 1.29 is 13.5 Å². The normalized spacial score (nSPS) is 12.3. The van der Waals surface area contributed by atoms with Crippen molar-refractivity contribution in [1.29, 1.82) is 0 Å². The Morgan fingerprint density at radius 2 is 1.57 bits per heavy atom. The van der Waals surface area contributed by atoms with Crippen LogP contribution >= 0.6 is 0 Å². The number of ether oxygens (including phenoxy) is 1. The van der Waals surface area contributed by atoms with Gasteiger partial charge in [0.1, 0.15) is 6.61 Å². The van der Waals surface area contributed by atoms with Gasteiger partial charge in [-0.05, 0) is 49.6 Å². The lowest BCUT2D eigenvalue weighted by Gasteiger charge is -2.19. The Labute approximate surface area is 123 Å². The van der Waals surface area contributed by atoms with Crippen LogP contribution in [0.4, 0.5) is 8.78 Å². The molecule has 0 aromatic heterocycles. The molecule has 0 aliphatic rings. The van der Waals surface area contributed by atoms with Crippen LogP contribution in [0.3, 0.4) is 0 Å². The van der Waals surface area contributed by atoms with Gasteiger partial charge >= 0.3 is 0 Å². The first-order valence-corrected chi connectivity index (χ1v) is 6.80. The second-order valence-electron chi connectivity index (χ2n) is 5.28. The number of hydrogen-bond donors (Lipinski definition) is 1. The van der Waals surface area contributed by atoms with E-state index in [9.17, 15) is 8.78 Å². The second kappa shape index (κ2) is 6.22. The zero-order valence-electron chi connectivity index (χ0n) is 12.4. The van der Waals surface area contributed by atoms with Crippen molar-refractivity contribution in [1.82, 2.24) is 0 Å². The van der Waals surface area contributed by atoms with Crippen molar-refractivity contribution in [2.75, 3.05) is 6.61 Å². The van der Waals surface area contributed by atoms with E-state index in [0.29, 0.717) is 0 Å². The van der Waals surface area contributed by atoms with Crippen molar-refractivity contribution >= 4 is 0 Å². The van der Waals surface area contributed by atoms with Crippen LogP contribution in [-0.4, -0.2) is 6.61 Å². The largest absolute Gasteiger partial charge is 0.486 e. The van der Waals surface area contributed by atoms with Crippen LogP contribution < -0.4 is 10.5 Å². The van der Waals surface area contributed by atoms with E-state index < -0.39 is 17.7 Å². The average molecular weight is 291 g/mol. The van der Waals surface area contributed by atoms with Crippen LogP contribution in [0.1, 0.15) is 28.3 Å². The highest BCUT2D eigenvalue weighted by molar-refractivity contribution is 5.39. The minimum atomic E-state index is -0.723. The summed E-state index contributed by atoms with van der Waals surface area (Å²) in [4.78, 5) is 0. The number of aryl methyl sites for hydroxylation is 3. The molecule has 0 heterocycles. The first-order valence-electron chi connectivity index (χ1n) is 6.80. The van der Waals surface area contributed by atoms with Gasteiger partial charge < -0.3 is 10.5 Å². The fourth-order valence-corrected chi connectivity index (χ4v) is 2.65. The van der Waals surface area contributed by atoms with Gasteiger partial charge in [-0.15, -0.1) is 0 Å². The monoisotopic (exact) mass is 291 g/mol. The third-order valence-electron chi connectivity index (χ3n) is 3.43. The zero-order valence-corrected chi connectivity index (χ0v) is 12.4.